The molecule has 3 rings (SSSR count). The largest absolute Gasteiger partial charge is 0.460 e. The molecule has 2 fully saturated rings. The minimum absolute atomic E-state index is 0.00217. The zero-order valence-electron chi connectivity index (χ0n) is 14.2. The SMILES string of the molecule is O=C(NC1CCCCCC1)NC1CCC(Oc2ncccn2)CC1. The number of amides is 2. The third kappa shape index (κ3) is 5.35. The smallest absolute Gasteiger partial charge is 0.316 e. The van der Waals surface area contributed by atoms with Crippen LogP contribution in [-0.2, 0) is 0 Å². The van der Waals surface area contributed by atoms with Crippen molar-refractivity contribution < 1.29 is 9.53 Å². The summed E-state index contributed by atoms with van der Waals surface area (Å²) in [4.78, 5) is 20.4. The summed E-state index contributed by atoms with van der Waals surface area (Å²) >= 11 is 0. The van der Waals surface area contributed by atoms with Gasteiger partial charge in [0.1, 0.15) is 6.10 Å². The Hall–Kier alpha value is -1.85. The summed E-state index contributed by atoms with van der Waals surface area (Å²) in [6.45, 7) is 0. The Morgan fingerprint density at radius 2 is 1.46 bits per heavy atom. The normalized spacial score (nSPS) is 25.5. The molecular weight excluding hydrogens is 304 g/mol. The highest BCUT2D eigenvalue weighted by Crippen LogP contribution is 2.22. The van der Waals surface area contributed by atoms with Crippen LogP contribution < -0.4 is 15.4 Å². The van der Waals surface area contributed by atoms with Crippen LogP contribution in [-0.4, -0.2) is 34.2 Å². The molecule has 2 aliphatic carbocycles. The van der Waals surface area contributed by atoms with E-state index in [0.717, 1.165) is 38.5 Å². The van der Waals surface area contributed by atoms with Crippen molar-refractivity contribution in [1.29, 1.82) is 0 Å². The van der Waals surface area contributed by atoms with E-state index < -0.39 is 0 Å². The highest BCUT2D eigenvalue weighted by molar-refractivity contribution is 5.74. The van der Waals surface area contributed by atoms with Gasteiger partial charge >= 0.3 is 12.0 Å². The molecule has 2 saturated carbocycles. The van der Waals surface area contributed by atoms with Gasteiger partial charge in [0.05, 0.1) is 0 Å². The molecular formula is C18H28N4O2. The average molecular weight is 332 g/mol. The molecule has 2 N–H and O–H groups in total. The number of hydrogen-bond donors (Lipinski definition) is 2. The average Bonchev–Trinajstić information content (AvgIpc) is 2.86. The number of nitrogens with one attached hydrogen (secondary N) is 2. The number of aromatic nitrogens is 2. The molecule has 0 aliphatic heterocycles. The van der Waals surface area contributed by atoms with Crippen molar-refractivity contribution in [3.8, 4) is 6.01 Å². The summed E-state index contributed by atoms with van der Waals surface area (Å²) in [6, 6.07) is 2.81. The quantitative estimate of drug-likeness (QED) is 0.830. The lowest BCUT2D eigenvalue weighted by molar-refractivity contribution is 0.128. The van der Waals surface area contributed by atoms with Crippen molar-refractivity contribution in [2.75, 3.05) is 0 Å². The molecule has 1 aromatic rings. The van der Waals surface area contributed by atoms with E-state index in [1.165, 1.54) is 25.7 Å². The molecule has 6 heteroatoms. The standard InChI is InChI=1S/C18H28N4O2/c23-17(21-14-6-3-1-2-4-7-14)22-15-8-10-16(11-9-15)24-18-19-12-5-13-20-18/h5,12-16H,1-4,6-11H2,(H2,21,22,23). The van der Waals surface area contributed by atoms with Crippen LogP contribution in [0.3, 0.4) is 0 Å². The third-order valence-corrected chi connectivity index (χ3v) is 5.01. The Bertz CT molecular complexity index is 495. The first-order valence-electron chi connectivity index (χ1n) is 9.30. The molecule has 2 amide bonds. The lowest BCUT2D eigenvalue weighted by atomic mass is 9.93. The maximum absolute atomic E-state index is 12.2. The van der Waals surface area contributed by atoms with E-state index in [0.29, 0.717) is 12.1 Å². The topological polar surface area (TPSA) is 76.1 Å². The Morgan fingerprint density at radius 3 is 2.08 bits per heavy atom. The minimum atomic E-state index is -0.00217. The Labute approximate surface area is 143 Å². The fourth-order valence-electron chi connectivity index (χ4n) is 3.66. The highest BCUT2D eigenvalue weighted by Gasteiger charge is 2.25. The van der Waals surface area contributed by atoms with Gasteiger partial charge in [-0.25, -0.2) is 14.8 Å². The third-order valence-electron chi connectivity index (χ3n) is 5.01. The van der Waals surface area contributed by atoms with E-state index in [1.54, 1.807) is 18.5 Å². The molecule has 0 radical (unpaired) electrons. The van der Waals surface area contributed by atoms with Crippen LogP contribution in [0.2, 0.25) is 0 Å². The van der Waals surface area contributed by atoms with Gasteiger partial charge in [-0.2, -0.15) is 0 Å². The second-order valence-corrected chi connectivity index (χ2v) is 6.93. The van der Waals surface area contributed by atoms with E-state index in [1.807, 2.05) is 0 Å². The van der Waals surface area contributed by atoms with Crippen LogP contribution in [0, 0.1) is 0 Å². The molecule has 0 aromatic carbocycles. The number of carbonyl (C=O) groups excluding carboxylic acids is 1. The van der Waals surface area contributed by atoms with E-state index in [4.69, 9.17) is 4.74 Å². The molecule has 1 aromatic heterocycles. The monoisotopic (exact) mass is 332 g/mol. The number of rotatable bonds is 4. The first-order chi connectivity index (χ1) is 11.8. The van der Waals surface area contributed by atoms with Crippen LogP contribution in [0.5, 0.6) is 6.01 Å². The fourth-order valence-corrected chi connectivity index (χ4v) is 3.66. The van der Waals surface area contributed by atoms with Gasteiger partial charge in [0.25, 0.3) is 0 Å². The van der Waals surface area contributed by atoms with Gasteiger partial charge in [-0.1, -0.05) is 25.7 Å². The van der Waals surface area contributed by atoms with Gasteiger partial charge < -0.3 is 15.4 Å². The minimum Gasteiger partial charge on any atom is -0.460 e. The number of hydrogen-bond acceptors (Lipinski definition) is 4. The molecule has 0 spiro atoms. The summed E-state index contributed by atoms with van der Waals surface area (Å²) in [5.74, 6) is 0. The van der Waals surface area contributed by atoms with Crippen LogP contribution in [0.1, 0.15) is 64.2 Å². The van der Waals surface area contributed by atoms with Gasteiger partial charge in [-0.05, 0) is 44.6 Å². The number of ether oxygens (including phenoxy) is 1. The van der Waals surface area contributed by atoms with Crippen LogP contribution >= 0.6 is 0 Å². The van der Waals surface area contributed by atoms with Crippen molar-refractivity contribution in [1.82, 2.24) is 20.6 Å². The number of urea groups is 1. The van der Waals surface area contributed by atoms with Crippen LogP contribution in [0.4, 0.5) is 4.79 Å². The second-order valence-electron chi connectivity index (χ2n) is 6.93. The summed E-state index contributed by atoms with van der Waals surface area (Å²) in [7, 11) is 0. The van der Waals surface area contributed by atoms with Gasteiger partial charge in [-0.3, -0.25) is 0 Å². The fraction of sp³-hybridized carbons (Fsp3) is 0.722. The Kier molecular flexibility index (Phi) is 6.26. The molecule has 1 heterocycles. The summed E-state index contributed by atoms with van der Waals surface area (Å²) < 4.78 is 5.79. The van der Waals surface area contributed by atoms with Crippen LogP contribution in [0.25, 0.3) is 0 Å². The van der Waals surface area contributed by atoms with Crippen molar-refractivity contribution in [2.24, 2.45) is 0 Å². The predicted molar refractivity (Wildman–Crippen MR) is 91.9 cm³/mol. The lowest BCUT2D eigenvalue weighted by Crippen LogP contribution is -2.47. The zero-order valence-corrected chi connectivity index (χ0v) is 14.2. The zero-order chi connectivity index (χ0) is 16.6. The van der Waals surface area contributed by atoms with Gasteiger partial charge in [-0.15, -0.1) is 0 Å². The summed E-state index contributed by atoms with van der Waals surface area (Å²) in [5.41, 5.74) is 0. The maximum Gasteiger partial charge on any atom is 0.316 e. The first kappa shape index (κ1) is 17.0. The lowest BCUT2D eigenvalue weighted by Gasteiger charge is -2.29. The highest BCUT2D eigenvalue weighted by atomic mass is 16.5. The molecule has 2 aliphatic rings. The maximum atomic E-state index is 12.2. The Morgan fingerprint density at radius 1 is 0.875 bits per heavy atom. The molecule has 6 nitrogen and oxygen atoms in total. The van der Waals surface area contributed by atoms with E-state index in [9.17, 15) is 4.79 Å². The van der Waals surface area contributed by atoms with E-state index in [2.05, 4.69) is 20.6 Å². The van der Waals surface area contributed by atoms with Crippen molar-refractivity contribution in [2.45, 2.75) is 82.4 Å². The Balaban J connectivity index is 1.36. The van der Waals surface area contributed by atoms with Crippen LogP contribution in [0.15, 0.2) is 18.5 Å². The van der Waals surface area contributed by atoms with Gasteiger partial charge in [0.2, 0.25) is 0 Å². The van der Waals surface area contributed by atoms with E-state index in [-0.39, 0.29) is 18.2 Å². The number of nitrogens with zero attached hydrogens (tertiary/aromatic N) is 2. The summed E-state index contributed by atoms with van der Waals surface area (Å²) in [5, 5.41) is 6.29. The molecule has 0 saturated heterocycles. The van der Waals surface area contributed by atoms with Gasteiger partial charge in [0, 0.05) is 24.5 Å². The van der Waals surface area contributed by atoms with E-state index >= 15 is 0 Å². The molecule has 0 atom stereocenters. The molecule has 24 heavy (non-hydrogen) atoms. The molecule has 0 unspecified atom stereocenters. The van der Waals surface area contributed by atoms with Crippen molar-refractivity contribution in [3.05, 3.63) is 18.5 Å². The van der Waals surface area contributed by atoms with Gasteiger partial charge in [0.15, 0.2) is 0 Å². The molecule has 0 bridgehead atoms. The number of carbonyl (C=O) groups is 1. The van der Waals surface area contributed by atoms with Crippen molar-refractivity contribution in [3.63, 3.8) is 0 Å². The molecule has 132 valence electrons. The first-order valence-corrected chi connectivity index (χ1v) is 9.30. The predicted octanol–water partition coefficient (Wildman–Crippen LogP) is 3.19. The second kappa shape index (κ2) is 8.85. The summed E-state index contributed by atoms with van der Waals surface area (Å²) in [6.07, 6.45) is 14.5. The van der Waals surface area contributed by atoms with Crippen molar-refractivity contribution >= 4 is 6.03 Å².